The number of hydrogen-bond donors (Lipinski definition) is 1. The number of nitrogen functional groups attached to an aromatic ring is 1. The molecule has 0 unspecified atom stereocenters. The molecule has 0 aliphatic rings. The highest BCUT2D eigenvalue weighted by atomic mass is 19.1. The normalized spacial score (nSPS) is 10.2. The Balaban J connectivity index is 2.68. The summed E-state index contributed by atoms with van der Waals surface area (Å²) in [4.78, 5) is 0. The average Bonchev–Trinajstić information content (AvgIpc) is 2.38. The second-order valence-electron chi connectivity index (χ2n) is 3.77. The number of nitrogens with two attached hydrogens (primary N) is 1. The molecule has 0 radical (unpaired) electrons. The first-order valence-corrected chi connectivity index (χ1v) is 5.43. The van der Waals surface area contributed by atoms with E-state index >= 15 is 0 Å². The molecule has 2 rings (SSSR count). The van der Waals surface area contributed by atoms with Crippen LogP contribution in [0.4, 0.5) is 10.1 Å². The van der Waals surface area contributed by atoms with Gasteiger partial charge in [0.05, 0.1) is 19.8 Å². The monoisotopic (exact) mass is 247 g/mol. The van der Waals surface area contributed by atoms with Gasteiger partial charge in [0.1, 0.15) is 17.3 Å². The fourth-order valence-corrected chi connectivity index (χ4v) is 1.88. The van der Waals surface area contributed by atoms with Crippen LogP contribution in [-0.4, -0.2) is 14.2 Å². The standard InChI is InChI=1S/C14H14FNO2/c1-17-12-4-3-5-13(18-2)14(12)10-7-6-9(15)8-11(10)16/h3-8H,16H2,1-2H3. The molecule has 0 bridgehead atoms. The zero-order valence-corrected chi connectivity index (χ0v) is 10.2. The topological polar surface area (TPSA) is 44.5 Å². The van der Waals surface area contributed by atoms with E-state index in [0.29, 0.717) is 22.7 Å². The molecule has 0 amide bonds. The zero-order valence-electron chi connectivity index (χ0n) is 10.2. The van der Waals surface area contributed by atoms with Crippen LogP contribution in [0.2, 0.25) is 0 Å². The maximum atomic E-state index is 13.1. The van der Waals surface area contributed by atoms with E-state index in [2.05, 4.69) is 0 Å². The Morgan fingerprint density at radius 1 is 1.00 bits per heavy atom. The van der Waals surface area contributed by atoms with Crippen molar-refractivity contribution in [2.75, 3.05) is 20.0 Å². The minimum absolute atomic E-state index is 0.345. The SMILES string of the molecule is COc1cccc(OC)c1-c1ccc(F)cc1N. The van der Waals surface area contributed by atoms with Gasteiger partial charge >= 0.3 is 0 Å². The van der Waals surface area contributed by atoms with Gasteiger partial charge in [-0.05, 0) is 30.3 Å². The number of methoxy groups -OCH3 is 2. The van der Waals surface area contributed by atoms with Crippen LogP contribution in [0.25, 0.3) is 11.1 Å². The van der Waals surface area contributed by atoms with Crippen LogP contribution in [0, 0.1) is 5.82 Å². The van der Waals surface area contributed by atoms with Crippen molar-refractivity contribution < 1.29 is 13.9 Å². The van der Waals surface area contributed by atoms with Gasteiger partial charge in [0.15, 0.2) is 0 Å². The molecule has 18 heavy (non-hydrogen) atoms. The van der Waals surface area contributed by atoms with Gasteiger partial charge < -0.3 is 15.2 Å². The summed E-state index contributed by atoms with van der Waals surface area (Å²) in [5.74, 6) is 0.894. The summed E-state index contributed by atoms with van der Waals surface area (Å²) in [6.07, 6.45) is 0. The van der Waals surface area contributed by atoms with E-state index in [9.17, 15) is 4.39 Å². The third-order valence-electron chi connectivity index (χ3n) is 2.71. The Morgan fingerprint density at radius 2 is 1.61 bits per heavy atom. The number of hydrogen-bond acceptors (Lipinski definition) is 3. The van der Waals surface area contributed by atoms with Crippen molar-refractivity contribution in [1.82, 2.24) is 0 Å². The molecule has 0 atom stereocenters. The highest BCUT2D eigenvalue weighted by Gasteiger charge is 2.14. The molecule has 2 N–H and O–H groups in total. The summed E-state index contributed by atoms with van der Waals surface area (Å²) in [6, 6.07) is 9.69. The second-order valence-corrected chi connectivity index (χ2v) is 3.77. The predicted molar refractivity (Wildman–Crippen MR) is 69.4 cm³/mol. The van der Waals surface area contributed by atoms with Crippen molar-refractivity contribution in [3.63, 3.8) is 0 Å². The van der Waals surface area contributed by atoms with Crippen molar-refractivity contribution in [3.05, 3.63) is 42.2 Å². The summed E-state index contributed by atoms with van der Waals surface area (Å²) in [7, 11) is 3.13. The predicted octanol–water partition coefficient (Wildman–Crippen LogP) is 3.09. The first kappa shape index (κ1) is 12.2. The van der Waals surface area contributed by atoms with Crippen molar-refractivity contribution >= 4 is 5.69 Å². The highest BCUT2D eigenvalue weighted by Crippen LogP contribution is 2.40. The van der Waals surface area contributed by atoms with E-state index in [-0.39, 0.29) is 5.82 Å². The maximum Gasteiger partial charge on any atom is 0.130 e. The Labute approximate surface area is 105 Å². The van der Waals surface area contributed by atoms with E-state index in [1.807, 2.05) is 6.07 Å². The summed E-state index contributed by atoms with van der Waals surface area (Å²) in [5.41, 5.74) is 7.60. The van der Waals surface area contributed by atoms with Gasteiger partial charge in [0.2, 0.25) is 0 Å². The van der Waals surface area contributed by atoms with Crippen LogP contribution in [0.15, 0.2) is 36.4 Å². The lowest BCUT2D eigenvalue weighted by molar-refractivity contribution is 0.397. The second kappa shape index (κ2) is 4.96. The third-order valence-corrected chi connectivity index (χ3v) is 2.71. The molecule has 2 aromatic rings. The van der Waals surface area contributed by atoms with Crippen LogP contribution in [0.1, 0.15) is 0 Å². The molecule has 94 valence electrons. The number of anilines is 1. The summed E-state index contributed by atoms with van der Waals surface area (Å²) >= 11 is 0. The molecule has 4 heteroatoms. The van der Waals surface area contributed by atoms with Crippen LogP contribution < -0.4 is 15.2 Å². The molecule has 0 aliphatic carbocycles. The summed E-state index contributed by atoms with van der Waals surface area (Å²) in [6.45, 7) is 0. The van der Waals surface area contributed by atoms with Gasteiger partial charge in [-0.25, -0.2) is 4.39 Å². The van der Waals surface area contributed by atoms with Crippen molar-refractivity contribution in [3.8, 4) is 22.6 Å². The first-order valence-electron chi connectivity index (χ1n) is 5.43. The lowest BCUT2D eigenvalue weighted by Crippen LogP contribution is -1.97. The fraction of sp³-hybridized carbons (Fsp3) is 0.143. The van der Waals surface area contributed by atoms with Gasteiger partial charge in [-0.3, -0.25) is 0 Å². The highest BCUT2D eigenvalue weighted by molar-refractivity contribution is 5.84. The number of halogens is 1. The van der Waals surface area contributed by atoms with Crippen LogP contribution in [-0.2, 0) is 0 Å². The quantitative estimate of drug-likeness (QED) is 0.848. The van der Waals surface area contributed by atoms with E-state index < -0.39 is 0 Å². The number of rotatable bonds is 3. The Bertz CT molecular complexity index is 547. The lowest BCUT2D eigenvalue weighted by atomic mass is 10.0. The molecular weight excluding hydrogens is 233 g/mol. The van der Waals surface area contributed by atoms with E-state index in [0.717, 1.165) is 5.56 Å². The van der Waals surface area contributed by atoms with Crippen LogP contribution >= 0.6 is 0 Å². The fourth-order valence-electron chi connectivity index (χ4n) is 1.88. The van der Waals surface area contributed by atoms with E-state index in [4.69, 9.17) is 15.2 Å². The van der Waals surface area contributed by atoms with E-state index in [1.54, 1.807) is 32.4 Å². The Hall–Kier alpha value is -2.23. The smallest absolute Gasteiger partial charge is 0.130 e. The molecule has 3 nitrogen and oxygen atoms in total. The first-order chi connectivity index (χ1) is 8.67. The lowest BCUT2D eigenvalue weighted by Gasteiger charge is -2.14. The average molecular weight is 247 g/mol. The van der Waals surface area contributed by atoms with Gasteiger partial charge in [-0.2, -0.15) is 0 Å². The number of ether oxygens (including phenoxy) is 2. The van der Waals surface area contributed by atoms with Gasteiger partial charge in [0, 0.05) is 11.3 Å². The third kappa shape index (κ3) is 2.09. The summed E-state index contributed by atoms with van der Waals surface area (Å²) in [5, 5.41) is 0. The molecule has 0 heterocycles. The molecule has 0 aromatic heterocycles. The molecule has 0 aliphatic heterocycles. The zero-order chi connectivity index (χ0) is 13.1. The summed E-state index contributed by atoms with van der Waals surface area (Å²) < 4.78 is 23.7. The van der Waals surface area contributed by atoms with Crippen molar-refractivity contribution in [2.45, 2.75) is 0 Å². The number of benzene rings is 2. The van der Waals surface area contributed by atoms with Crippen LogP contribution in [0.3, 0.4) is 0 Å². The molecule has 0 saturated carbocycles. The maximum absolute atomic E-state index is 13.1. The molecule has 0 fully saturated rings. The molecule has 0 saturated heterocycles. The Morgan fingerprint density at radius 3 is 2.11 bits per heavy atom. The minimum atomic E-state index is -0.370. The van der Waals surface area contributed by atoms with Crippen LogP contribution in [0.5, 0.6) is 11.5 Å². The molecule has 0 spiro atoms. The van der Waals surface area contributed by atoms with Crippen molar-refractivity contribution in [2.24, 2.45) is 0 Å². The van der Waals surface area contributed by atoms with Crippen molar-refractivity contribution in [1.29, 1.82) is 0 Å². The largest absolute Gasteiger partial charge is 0.496 e. The Kier molecular flexibility index (Phi) is 3.37. The minimum Gasteiger partial charge on any atom is -0.496 e. The van der Waals surface area contributed by atoms with Gasteiger partial charge in [-0.15, -0.1) is 0 Å². The molecular formula is C14H14FNO2. The van der Waals surface area contributed by atoms with E-state index in [1.165, 1.54) is 12.1 Å². The van der Waals surface area contributed by atoms with Gasteiger partial charge in [-0.1, -0.05) is 6.07 Å². The molecule has 2 aromatic carbocycles. The van der Waals surface area contributed by atoms with Gasteiger partial charge in [0.25, 0.3) is 0 Å².